The maximum absolute atomic E-state index is 11.8. The fraction of sp³-hybridized carbons (Fsp3) is 0.143. The number of hydrogen-bond donors (Lipinski definition) is 3. The summed E-state index contributed by atoms with van der Waals surface area (Å²) < 4.78 is 26.2. The molecule has 0 bridgehead atoms. The van der Waals surface area contributed by atoms with Gasteiger partial charge < -0.3 is 5.11 Å². The minimum Gasteiger partial charge on any atom is -0.481 e. The SMILES string of the molecule is O=C(O)CSc1nnc(NS(=O)(=O)c2cn[nH]c2)s1. The van der Waals surface area contributed by atoms with Gasteiger partial charge in [-0.3, -0.25) is 14.6 Å². The van der Waals surface area contributed by atoms with Crippen molar-refractivity contribution >= 4 is 44.2 Å². The molecule has 2 aromatic rings. The first-order chi connectivity index (χ1) is 8.97. The summed E-state index contributed by atoms with van der Waals surface area (Å²) in [4.78, 5) is 10.4. The average Bonchev–Trinajstić information content (AvgIpc) is 2.96. The first kappa shape index (κ1) is 13.8. The van der Waals surface area contributed by atoms with E-state index in [9.17, 15) is 13.2 Å². The van der Waals surface area contributed by atoms with Crippen LogP contribution >= 0.6 is 23.1 Å². The summed E-state index contributed by atoms with van der Waals surface area (Å²) in [5.74, 6) is -1.15. The molecule has 0 atom stereocenters. The van der Waals surface area contributed by atoms with E-state index >= 15 is 0 Å². The van der Waals surface area contributed by atoms with Crippen molar-refractivity contribution in [1.29, 1.82) is 0 Å². The van der Waals surface area contributed by atoms with Crippen molar-refractivity contribution in [3.8, 4) is 0 Å². The van der Waals surface area contributed by atoms with Crippen LogP contribution < -0.4 is 4.72 Å². The van der Waals surface area contributed by atoms with Crippen molar-refractivity contribution in [3.05, 3.63) is 12.4 Å². The lowest BCUT2D eigenvalue weighted by atomic mass is 10.7. The number of aromatic nitrogens is 4. The Bertz CT molecular complexity index is 665. The van der Waals surface area contributed by atoms with Crippen LogP contribution in [0.1, 0.15) is 0 Å². The monoisotopic (exact) mass is 321 g/mol. The minimum atomic E-state index is -3.75. The summed E-state index contributed by atoms with van der Waals surface area (Å²) in [5, 5.41) is 21.8. The van der Waals surface area contributed by atoms with Crippen LogP contribution in [0.15, 0.2) is 21.6 Å². The number of sulfonamides is 1. The molecular weight excluding hydrogens is 314 g/mol. The van der Waals surface area contributed by atoms with Gasteiger partial charge in [0.05, 0.1) is 11.9 Å². The van der Waals surface area contributed by atoms with Crippen LogP contribution in [0.25, 0.3) is 0 Å². The number of thioether (sulfide) groups is 1. The molecule has 2 aromatic heterocycles. The number of H-pyrrole nitrogens is 1. The molecule has 0 aliphatic carbocycles. The summed E-state index contributed by atoms with van der Waals surface area (Å²) in [6.45, 7) is 0. The molecule has 2 rings (SSSR count). The first-order valence-electron chi connectivity index (χ1n) is 4.67. The number of carbonyl (C=O) groups is 1. The highest BCUT2D eigenvalue weighted by molar-refractivity contribution is 8.01. The molecule has 3 N–H and O–H groups in total. The van der Waals surface area contributed by atoms with Crippen LogP contribution in [0.4, 0.5) is 5.13 Å². The van der Waals surface area contributed by atoms with Crippen LogP contribution in [0.3, 0.4) is 0 Å². The van der Waals surface area contributed by atoms with Crippen LogP contribution in [-0.4, -0.2) is 45.6 Å². The van der Waals surface area contributed by atoms with Gasteiger partial charge in [-0.2, -0.15) is 5.10 Å². The molecule has 0 radical (unpaired) electrons. The van der Waals surface area contributed by atoms with Gasteiger partial charge in [-0.25, -0.2) is 8.42 Å². The van der Waals surface area contributed by atoms with Gasteiger partial charge in [-0.15, -0.1) is 10.2 Å². The van der Waals surface area contributed by atoms with E-state index in [0.29, 0.717) is 4.34 Å². The maximum Gasteiger partial charge on any atom is 0.313 e. The number of nitrogens with zero attached hydrogens (tertiary/aromatic N) is 3. The molecular formula is C7H7N5O4S3. The lowest BCUT2D eigenvalue weighted by Crippen LogP contribution is -2.11. The minimum absolute atomic E-state index is 0.0255. The van der Waals surface area contributed by atoms with Crippen LogP contribution in [-0.2, 0) is 14.8 Å². The van der Waals surface area contributed by atoms with Crippen LogP contribution in [0.5, 0.6) is 0 Å². The third-order valence-corrected chi connectivity index (χ3v) is 5.12. The second-order valence-corrected chi connectivity index (χ2v) is 6.98. The van der Waals surface area contributed by atoms with E-state index in [1.54, 1.807) is 0 Å². The van der Waals surface area contributed by atoms with Gasteiger partial charge in [0.25, 0.3) is 10.0 Å². The van der Waals surface area contributed by atoms with Crippen LogP contribution in [0, 0.1) is 0 Å². The average molecular weight is 321 g/mol. The molecule has 0 saturated heterocycles. The zero-order valence-electron chi connectivity index (χ0n) is 9.10. The number of carboxylic acid groups (broad SMARTS) is 1. The van der Waals surface area contributed by atoms with E-state index in [0.717, 1.165) is 29.3 Å². The second-order valence-electron chi connectivity index (χ2n) is 3.10. The van der Waals surface area contributed by atoms with E-state index in [1.165, 1.54) is 6.20 Å². The quantitative estimate of drug-likeness (QED) is 0.643. The molecule has 0 unspecified atom stereocenters. The van der Waals surface area contributed by atoms with E-state index in [-0.39, 0.29) is 15.8 Å². The highest BCUT2D eigenvalue weighted by atomic mass is 32.2. The first-order valence-corrected chi connectivity index (χ1v) is 7.95. The number of hydrogen-bond acceptors (Lipinski definition) is 8. The molecule has 0 saturated carbocycles. The highest BCUT2D eigenvalue weighted by Crippen LogP contribution is 2.26. The molecule has 0 fully saturated rings. The van der Waals surface area contributed by atoms with Crippen molar-refractivity contribution in [3.63, 3.8) is 0 Å². The summed E-state index contributed by atoms with van der Waals surface area (Å²) in [7, 11) is -3.75. The molecule has 0 aliphatic rings. The topological polar surface area (TPSA) is 138 Å². The van der Waals surface area contributed by atoms with Crippen molar-refractivity contribution in [2.45, 2.75) is 9.24 Å². The van der Waals surface area contributed by atoms with Crippen molar-refractivity contribution in [1.82, 2.24) is 20.4 Å². The lowest BCUT2D eigenvalue weighted by molar-refractivity contribution is -0.133. The van der Waals surface area contributed by atoms with Crippen molar-refractivity contribution in [2.24, 2.45) is 0 Å². The Hall–Kier alpha value is -1.66. The number of nitrogens with one attached hydrogen (secondary N) is 2. The van der Waals surface area contributed by atoms with Gasteiger partial charge in [0.2, 0.25) is 5.13 Å². The standard InChI is InChI=1S/C7H7N5O4S3/c13-5(14)3-17-7-11-10-6(18-7)12-19(15,16)4-1-8-9-2-4/h1-2H,3H2,(H,8,9)(H,10,12)(H,13,14). The summed E-state index contributed by atoms with van der Waals surface area (Å²) in [6.07, 6.45) is 2.38. The van der Waals surface area contributed by atoms with Gasteiger partial charge in [-0.05, 0) is 0 Å². The maximum atomic E-state index is 11.8. The normalized spacial score (nSPS) is 11.4. The van der Waals surface area contributed by atoms with Crippen molar-refractivity contribution < 1.29 is 18.3 Å². The third kappa shape index (κ3) is 3.65. The molecule has 102 valence electrons. The highest BCUT2D eigenvalue weighted by Gasteiger charge is 2.18. The zero-order chi connectivity index (χ0) is 13.9. The van der Waals surface area contributed by atoms with E-state index in [1.807, 2.05) is 0 Å². The summed E-state index contributed by atoms with van der Waals surface area (Å²) >= 11 is 1.92. The zero-order valence-corrected chi connectivity index (χ0v) is 11.5. The molecule has 12 heteroatoms. The Morgan fingerprint density at radius 3 is 2.95 bits per heavy atom. The third-order valence-electron chi connectivity index (χ3n) is 1.73. The summed E-state index contributed by atoms with van der Waals surface area (Å²) in [6, 6.07) is 0. The number of anilines is 1. The number of aliphatic carboxylic acids is 1. The molecule has 2 heterocycles. The van der Waals surface area contributed by atoms with Gasteiger partial charge in [0.1, 0.15) is 4.90 Å². The summed E-state index contributed by atoms with van der Waals surface area (Å²) in [5.41, 5.74) is 0. The van der Waals surface area contributed by atoms with Crippen LogP contribution in [0.2, 0.25) is 0 Å². The number of carboxylic acids is 1. The van der Waals surface area contributed by atoms with Crippen molar-refractivity contribution in [2.75, 3.05) is 10.5 Å². The molecule has 0 aromatic carbocycles. The Kier molecular flexibility index (Phi) is 4.01. The largest absolute Gasteiger partial charge is 0.481 e. The number of rotatable bonds is 6. The molecule has 0 spiro atoms. The lowest BCUT2D eigenvalue weighted by Gasteiger charge is -1.99. The van der Waals surface area contributed by atoms with Gasteiger partial charge in [-0.1, -0.05) is 23.1 Å². The Morgan fingerprint density at radius 1 is 1.53 bits per heavy atom. The fourth-order valence-electron chi connectivity index (χ4n) is 0.993. The predicted octanol–water partition coefficient (Wildman–Crippen LogP) is 0.239. The molecule has 9 nitrogen and oxygen atoms in total. The van der Waals surface area contributed by atoms with E-state index in [4.69, 9.17) is 5.11 Å². The van der Waals surface area contributed by atoms with Gasteiger partial charge in [0.15, 0.2) is 4.34 Å². The van der Waals surface area contributed by atoms with Gasteiger partial charge >= 0.3 is 5.97 Å². The second kappa shape index (κ2) is 5.54. The molecule has 0 amide bonds. The smallest absolute Gasteiger partial charge is 0.313 e. The fourth-order valence-corrected chi connectivity index (χ4v) is 3.60. The molecule has 19 heavy (non-hydrogen) atoms. The predicted molar refractivity (Wildman–Crippen MR) is 67.7 cm³/mol. The molecule has 0 aliphatic heterocycles. The number of aromatic amines is 1. The van der Waals surface area contributed by atoms with Gasteiger partial charge in [0, 0.05) is 6.20 Å². The van der Waals surface area contributed by atoms with E-state index in [2.05, 4.69) is 25.1 Å². The Labute approximate surface area is 115 Å². The Morgan fingerprint density at radius 2 is 2.32 bits per heavy atom. The Balaban J connectivity index is 2.06. The van der Waals surface area contributed by atoms with E-state index < -0.39 is 16.0 Å².